The fourth-order valence-corrected chi connectivity index (χ4v) is 3.83. The van der Waals surface area contributed by atoms with Gasteiger partial charge in [0.15, 0.2) is 5.58 Å². The number of fused-ring (bicyclic) bond motifs is 1. The number of rotatable bonds is 6. The number of nitrogens with zero attached hydrogens (tertiary/aromatic N) is 1. The molecule has 0 saturated carbocycles. The van der Waals surface area contributed by atoms with E-state index in [4.69, 9.17) is 4.42 Å². The number of oxazole rings is 1. The SMILES string of the molecule is CC(=O)NS(=O)(=O)c1ccc(NC(=O)CSc2nc3ccccc3o2)cc1. The van der Waals surface area contributed by atoms with Gasteiger partial charge in [-0.1, -0.05) is 23.9 Å². The fourth-order valence-electron chi connectivity index (χ4n) is 2.20. The Labute approximate surface area is 159 Å². The van der Waals surface area contributed by atoms with Gasteiger partial charge in [-0.2, -0.15) is 0 Å². The van der Waals surface area contributed by atoms with Crippen LogP contribution in [0.4, 0.5) is 5.69 Å². The Bertz CT molecular complexity index is 1060. The van der Waals surface area contributed by atoms with Gasteiger partial charge in [-0.3, -0.25) is 9.59 Å². The highest BCUT2D eigenvalue weighted by atomic mass is 32.2. The molecule has 0 fully saturated rings. The Morgan fingerprint density at radius 1 is 1.11 bits per heavy atom. The van der Waals surface area contributed by atoms with E-state index in [1.54, 1.807) is 6.07 Å². The number of carbonyl (C=O) groups excluding carboxylic acids is 2. The van der Waals surface area contributed by atoms with E-state index < -0.39 is 15.9 Å². The normalized spacial score (nSPS) is 11.3. The van der Waals surface area contributed by atoms with E-state index in [9.17, 15) is 18.0 Å². The van der Waals surface area contributed by atoms with E-state index in [1.807, 2.05) is 22.9 Å². The molecular weight excluding hydrogens is 390 g/mol. The van der Waals surface area contributed by atoms with Crippen molar-refractivity contribution in [2.75, 3.05) is 11.1 Å². The molecular formula is C17H15N3O5S2. The minimum Gasteiger partial charge on any atom is -0.431 e. The molecule has 3 rings (SSSR count). The van der Waals surface area contributed by atoms with E-state index in [-0.39, 0.29) is 16.6 Å². The lowest BCUT2D eigenvalue weighted by Gasteiger charge is -2.07. The number of anilines is 1. The molecule has 27 heavy (non-hydrogen) atoms. The van der Waals surface area contributed by atoms with Crippen LogP contribution in [0.15, 0.2) is 63.1 Å². The van der Waals surface area contributed by atoms with Crippen LogP contribution >= 0.6 is 11.8 Å². The van der Waals surface area contributed by atoms with Crippen LogP contribution in [-0.2, 0) is 19.6 Å². The van der Waals surface area contributed by atoms with Crippen LogP contribution in [0.2, 0.25) is 0 Å². The molecule has 0 radical (unpaired) electrons. The predicted octanol–water partition coefficient (Wildman–Crippen LogP) is 2.38. The average molecular weight is 405 g/mol. The van der Waals surface area contributed by atoms with Gasteiger partial charge in [0.2, 0.25) is 11.8 Å². The van der Waals surface area contributed by atoms with Crippen molar-refractivity contribution >= 4 is 50.4 Å². The second-order valence-electron chi connectivity index (χ2n) is 5.47. The molecule has 8 nitrogen and oxygen atoms in total. The van der Waals surface area contributed by atoms with Crippen LogP contribution < -0.4 is 10.0 Å². The van der Waals surface area contributed by atoms with Crippen molar-refractivity contribution in [3.63, 3.8) is 0 Å². The van der Waals surface area contributed by atoms with Gasteiger partial charge in [-0.15, -0.1) is 0 Å². The Hall–Kier alpha value is -2.85. The molecule has 10 heteroatoms. The lowest BCUT2D eigenvalue weighted by Crippen LogP contribution is -2.28. The molecule has 0 aliphatic carbocycles. The first kappa shape index (κ1) is 18.9. The first-order valence-corrected chi connectivity index (χ1v) is 10.2. The van der Waals surface area contributed by atoms with Crippen molar-refractivity contribution in [3.8, 4) is 0 Å². The lowest BCUT2D eigenvalue weighted by molar-refractivity contribution is -0.117. The van der Waals surface area contributed by atoms with Gasteiger partial charge in [-0.05, 0) is 36.4 Å². The zero-order valence-electron chi connectivity index (χ0n) is 14.1. The zero-order valence-corrected chi connectivity index (χ0v) is 15.8. The minimum absolute atomic E-state index is 0.0726. The van der Waals surface area contributed by atoms with Gasteiger partial charge in [-0.25, -0.2) is 18.1 Å². The maximum absolute atomic E-state index is 12.1. The quantitative estimate of drug-likeness (QED) is 0.604. The highest BCUT2D eigenvalue weighted by Crippen LogP contribution is 2.23. The van der Waals surface area contributed by atoms with E-state index in [2.05, 4.69) is 10.3 Å². The molecule has 0 spiro atoms. The summed E-state index contributed by atoms with van der Waals surface area (Å²) in [6, 6.07) is 12.8. The number of sulfonamides is 1. The van der Waals surface area contributed by atoms with Crippen molar-refractivity contribution in [2.24, 2.45) is 0 Å². The van der Waals surface area contributed by atoms with Crippen LogP contribution in [0.5, 0.6) is 0 Å². The second-order valence-corrected chi connectivity index (χ2v) is 8.08. The van der Waals surface area contributed by atoms with Gasteiger partial charge in [0.05, 0.1) is 10.6 Å². The summed E-state index contributed by atoms with van der Waals surface area (Å²) in [5, 5.41) is 3.05. The van der Waals surface area contributed by atoms with Crippen molar-refractivity contribution in [2.45, 2.75) is 17.0 Å². The van der Waals surface area contributed by atoms with E-state index in [0.717, 1.165) is 24.2 Å². The Kier molecular flexibility index (Phi) is 5.47. The number of carbonyl (C=O) groups is 2. The highest BCUT2D eigenvalue weighted by Gasteiger charge is 2.15. The topological polar surface area (TPSA) is 118 Å². The molecule has 2 amide bonds. The predicted molar refractivity (Wildman–Crippen MR) is 101 cm³/mol. The third kappa shape index (κ3) is 4.86. The molecule has 0 unspecified atom stereocenters. The second kappa shape index (κ2) is 7.80. The molecule has 1 aromatic heterocycles. The number of benzene rings is 2. The highest BCUT2D eigenvalue weighted by molar-refractivity contribution is 7.99. The van der Waals surface area contributed by atoms with Crippen LogP contribution in [-0.4, -0.2) is 31.0 Å². The number of amides is 2. The number of hydrogen-bond donors (Lipinski definition) is 2. The van der Waals surface area contributed by atoms with Gasteiger partial charge >= 0.3 is 0 Å². The summed E-state index contributed by atoms with van der Waals surface area (Å²) >= 11 is 1.15. The maximum Gasteiger partial charge on any atom is 0.264 e. The number of aromatic nitrogens is 1. The first-order chi connectivity index (χ1) is 12.8. The summed E-state index contributed by atoms with van der Waals surface area (Å²) in [6.07, 6.45) is 0. The Morgan fingerprint density at radius 3 is 2.48 bits per heavy atom. The standard InChI is InChI=1S/C17H15N3O5S2/c1-11(21)20-27(23,24)13-8-6-12(7-9-13)18-16(22)10-26-17-19-14-4-2-3-5-15(14)25-17/h2-9H,10H2,1H3,(H,18,22)(H,20,21). The summed E-state index contributed by atoms with van der Waals surface area (Å²) in [6.45, 7) is 1.11. The number of hydrogen-bond acceptors (Lipinski definition) is 7. The van der Waals surface area contributed by atoms with Gasteiger partial charge in [0.25, 0.3) is 15.2 Å². The summed E-state index contributed by atoms with van der Waals surface area (Å²) in [5.41, 5.74) is 1.80. The van der Waals surface area contributed by atoms with E-state index in [1.165, 1.54) is 24.3 Å². The molecule has 0 atom stereocenters. The Morgan fingerprint density at radius 2 is 1.81 bits per heavy atom. The molecule has 2 aromatic carbocycles. The molecule has 0 aliphatic heterocycles. The molecule has 0 bridgehead atoms. The molecule has 3 aromatic rings. The van der Waals surface area contributed by atoms with E-state index in [0.29, 0.717) is 16.5 Å². The largest absolute Gasteiger partial charge is 0.431 e. The van der Waals surface area contributed by atoms with Crippen LogP contribution in [0.3, 0.4) is 0 Å². The molecule has 2 N–H and O–H groups in total. The maximum atomic E-state index is 12.1. The van der Waals surface area contributed by atoms with E-state index >= 15 is 0 Å². The van der Waals surface area contributed by atoms with Crippen molar-refractivity contribution in [3.05, 3.63) is 48.5 Å². The first-order valence-electron chi connectivity index (χ1n) is 7.75. The van der Waals surface area contributed by atoms with Gasteiger partial charge in [0.1, 0.15) is 5.52 Å². The van der Waals surface area contributed by atoms with Crippen LogP contribution in [0, 0.1) is 0 Å². The number of para-hydroxylation sites is 2. The molecule has 0 saturated heterocycles. The van der Waals surface area contributed by atoms with Crippen LogP contribution in [0.25, 0.3) is 11.1 Å². The average Bonchev–Trinajstić information content (AvgIpc) is 3.02. The Balaban J connectivity index is 1.58. The third-order valence-electron chi connectivity index (χ3n) is 3.33. The summed E-state index contributed by atoms with van der Waals surface area (Å²) in [7, 11) is -3.90. The van der Waals surface area contributed by atoms with Crippen molar-refractivity contribution in [1.82, 2.24) is 9.71 Å². The zero-order chi connectivity index (χ0) is 19.4. The lowest BCUT2D eigenvalue weighted by atomic mass is 10.3. The fraction of sp³-hybridized carbons (Fsp3) is 0.118. The van der Waals surface area contributed by atoms with Crippen molar-refractivity contribution < 1.29 is 22.4 Å². The summed E-state index contributed by atoms with van der Waals surface area (Å²) in [4.78, 5) is 27.2. The summed E-state index contributed by atoms with van der Waals surface area (Å²) in [5.74, 6) is -0.887. The third-order valence-corrected chi connectivity index (χ3v) is 5.60. The number of nitrogens with one attached hydrogen (secondary N) is 2. The molecule has 1 heterocycles. The monoisotopic (exact) mass is 405 g/mol. The van der Waals surface area contributed by atoms with Crippen molar-refractivity contribution in [1.29, 1.82) is 0 Å². The van der Waals surface area contributed by atoms with Gasteiger partial charge in [0, 0.05) is 12.6 Å². The smallest absolute Gasteiger partial charge is 0.264 e. The summed E-state index contributed by atoms with van der Waals surface area (Å²) < 4.78 is 31.1. The molecule has 140 valence electrons. The number of thioether (sulfide) groups is 1. The molecule has 0 aliphatic rings. The van der Waals surface area contributed by atoms with Crippen LogP contribution in [0.1, 0.15) is 6.92 Å². The minimum atomic E-state index is -3.90. The van der Waals surface area contributed by atoms with Gasteiger partial charge < -0.3 is 9.73 Å².